The number of benzene rings is 2. The number of halogens is 2. The molecule has 6 nitrogen and oxygen atoms in total. The first-order valence-corrected chi connectivity index (χ1v) is 12.2. The van der Waals surface area contributed by atoms with E-state index in [1.807, 2.05) is 0 Å². The van der Waals surface area contributed by atoms with Gasteiger partial charge in [-0.15, -0.1) is 0 Å². The average Bonchev–Trinajstić information content (AvgIpc) is 2.80. The van der Waals surface area contributed by atoms with Crippen LogP contribution in [-0.4, -0.2) is 40.8 Å². The zero-order valence-corrected chi connectivity index (χ0v) is 20.0. The molecule has 0 heterocycles. The number of aliphatic hydroxyl groups is 1. The first kappa shape index (κ1) is 26.8. The minimum Gasteiger partial charge on any atom is -0.481 e. The van der Waals surface area contributed by atoms with E-state index in [9.17, 15) is 23.5 Å². The van der Waals surface area contributed by atoms with Crippen LogP contribution in [0.1, 0.15) is 67.3 Å². The first-order valence-electron chi connectivity index (χ1n) is 12.2. The number of carbonyl (C=O) groups is 2. The normalized spacial score (nSPS) is 16.9. The van der Waals surface area contributed by atoms with Crippen molar-refractivity contribution >= 4 is 11.9 Å². The second kappa shape index (κ2) is 12.7. The number of fused-ring (bicyclic) bond motifs is 1. The van der Waals surface area contributed by atoms with Gasteiger partial charge in [-0.1, -0.05) is 25.1 Å². The molecule has 2 aromatic rings. The lowest BCUT2D eigenvalue weighted by atomic mass is 9.86. The Balaban J connectivity index is 1.69. The first-order chi connectivity index (χ1) is 16.7. The Bertz CT molecular complexity index is 1010. The summed E-state index contributed by atoms with van der Waals surface area (Å²) in [4.78, 5) is 23.1. The third-order valence-electron chi connectivity index (χ3n) is 6.49. The lowest BCUT2D eigenvalue weighted by Gasteiger charge is -2.30. The summed E-state index contributed by atoms with van der Waals surface area (Å²) in [5.74, 6) is -2.87. The van der Waals surface area contributed by atoms with Gasteiger partial charge >= 0.3 is 5.97 Å². The van der Waals surface area contributed by atoms with Gasteiger partial charge < -0.3 is 20.8 Å². The van der Waals surface area contributed by atoms with Crippen molar-refractivity contribution < 1.29 is 28.6 Å². The van der Waals surface area contributed by atoms with E-state index in [1.165, 1.54) is 28.8 Å². The molecule has 4 N–H and O–H groups in total. The molecule has 0 fully saturated rings. The van der Waals surface area contributed by atoms with E-state index in [2.05, 4.69) is 35.8 Å². The van der Waals surface area contributed by atoms with E-state index < -0.39 is 35.7 Å². The predicted molar refractivity (Wildman–Crippen MR) is 129 cm³/mol. The van der Waals surface area contributed by atoms with Crippen molar-refractivity contribution in [3.8, 4) is 0 Å². The van der Waals surface area contributed by atoms with E-state index in [4.69, 9.17) is 5.11 Å². The molecule has 0 saturated heterocycles. The molecule has 0 aromatic heterocycles. The van der Waals surface area contributed by atoms with Gasteiger partial charge in [0.2, 0.25) is 5.91 Å². The maximum absolute atomic E-state index is 13.7. The van der Waals surface area contributed by atoms with Crippen LogP contribution in [0.4, 0.5) is 8.78 Å². The fourth-order valence-electron chi connectivity index (χ4n) is 4.63. The highest BCUT2D eigenvalue weighted by molar-refractivity contribution is 5.77. The quantitative estimate of drug-likeness (QED) is 0.364. The summed E-state index contributed by atoms with van der Waals surface area (Å²) in [7, 11) is 0. The van der Waals surface area contributed by atoms with Gasteiger partial charge in [0.05, 0.1) is 12.1 Å². The van der Waals surface area contributed by atoms with E-state index in [-0.39, 0.29) is 38.3 Å². The number of rotatable bonds is 12. The Hall–Kier alpha value is -2.84. The van der Waals surface area contributed by atoms with Gasteiger partial charge in [0, 0.05) is 31.5 Å². The molecule has 0 saturated carbocycles. The zero-order valence-electron chi connectivity index (χ0n) is 20.0. The molecule has 1 amide bonds. The molecule has 0 bridgehead atoms. The maximum Gasteiger partial charge on any atom is 0.303 e. The fourth-order valence-corrected chi connectivity index (χ4v) is 4.63. The lowest BCUT2D eigenvalue weighted by molar-refractivity contribution is -0.137. The topological polar surface area (TPSA) is 98.7 Å². The van der Waals surface area contributed by atoms with Gasteiger partial charge in [-0.25, -0.2) is 8.78 Å². The van der Waals surface area contributed by atoms with Gasteiger partial charge in [0.15, 0.2) is 0 Å². The van der Waals surface area contributed by atoms with Crippen LogP contribution in [0.3, 0.4) is 0 Å². The van der Waals surface area contributed by atoms with Gasteiger partial charge in [0.1, 0.15) is 11.6 Å². The molecule has 1 aliphatic rings. The minimum atomic E-state index is -1.02. The van der Waals surface area contributed by atoms with Crippen LogP contribution in [0.2, 0.25) is 0 Å². The van der Waals surface area contributed by atoms with Crippen molar-refractivity contribution in [2.45, 2.75) is 76.5 Å². The molecule has 35 heavy (non-hydrogen) atoms. The highest BCUT2D eigenvalue weighted by atomic mass is 19.1. The Morgan fingerprint density at radius 1 is 1.09 bits per heavy atom. The van der Waals surface area contributed by atoms with Gasteiger partial charge in [-0.2, -0.15) is 0 Å². The standard InChI is InChI=1S/C27H34F2N2O4/c1-2-17-9-10-19-5-3-6-23(22(19)13-17)30-16-25(32)24(31-26(33)7-4-8-27(34)35)14-18-11-20(28)15-21(29)12-18/h9-13,15,23-25,30,32H,2-8,14,16H2,1H3,(H,31,33)(H,34,35)/t23-,24-,25+/m0/s1. The van der Waals surface area contributed by atoms with E-state index in [0.29, 0.717) is 5.56 Å². The summed E-state index contributed by atoms with van der Waals surface area (Å²) in [6.45, 7) is 2.29. The Labute approximate surface area is 204 Å². The van der Waals surface area contributed by atoms with Crippen LogP contribution < -0.4 is 10.6 Å². The van der Waals surface area contributed by atoms with Crippen molar-refractivity contribution in [2.24, 2.45) is 0 Å². The Morgan fingerprint density at radius 2 is 1.83 bits per heavy atom. The number of carbonyl (C=O) groups excluding carboxylic acids is 1. The number of aryl methyl sites for hydroxylation is 2. The van der Waals surface area contributed by atoms with E-state index in [1.54, 1.807) is 0 Å². The average molecular weight is 489 g/mol. The molecule has 0 aliphatic heterocycles. The highest BCUT2D eigenvalue weighted by Crippen LogP contribution is 2.30. The molecule has 0 radical (unpaired) electrons. The third-order valence-corrected chi connectivity index (χ3v) is 6.49. The van der Waals surface area contributed by atoms with Gasteiger partial charge in [-0.3, -0.25) is 9.59 Å². The minimum absolute atomic E-state index is 0.0176. The number of nitrogens with one attached hydrogen (secondary N) is 2. The fraction of sp³-hybridized carbons (Fsp3) is 0.481. The van der Waals surface area contributed by atoms with Crippen LogP contribution in [-0.2, 0) is 28.9 Å². The summed E-state index contributed by atoms with van der Waals surface area (Å²) < 4.78 is 27.4. The molecule has 8 heteroatoms. The number of hydrogen-bond acceptors (Lipinski definition) is 4. The van der Waals surface area contributed by atoms with E-state index in [0.717, 1.165) is 31.7 Å². The van der Waals surface area contributed by atoms with Crippen LogP contribution in [0, 0.1) is 11.6 Å². The molecule has 3 atom stereocenters. The number of aliphatic hydroxyl groups excluding tert-OH is 1. The maximum atomic E-state index is 13.7. The smallest absolute Gasteiger partial charge is 0.303 e. The summed E-state index contributed by atoms with van der Waals surface area (Å²) >= 11 is 0. The Morgan fingerprint density at radius 3 is 2.51 bits per heavy atom. The number of amides is 1. The molecular formula is C27H34F2N2O4. The summed E-state index contributed by atoms with van der Waals surface area (Å²) in [6.07, 6.45) is 2.91. The van der Waals surface area contributed by atoms with Crippen molar-refractivity contribution in [3.05, 3.63) is 70.3 Å². The molecule has 1 aliphatic carbocycles. The van der Waals surface area contributed by atoms with Crippen molar-refractivity contribution in [1.29, 1.82) is 0 Å². The van der Waals surface area contributed by atoms with Crippen molar-refractivity contribution in [2.75, 3.05) is 6.54 Å². The van der Waals surface area contributed by atoms with Gasteiger partial charge in [0.25, 0.3) is 0 Å². The Kier molecular flexibility index (Phi) is 9.74. The second-order valence-corrected chi connectivity index (χ2v) is 9.21. The second-order valence-electron chi connectivity index (χ2n) is 9.21. The lowest BCUT2D eigenvalue weighted by Crippen LogP contribution is -2.49. The van der Waals surface area contributed by atoms with Crippen LogP contribution in [0.15, 0.2) is 36.4 Å². The zero-order chi connectivity index (χ0) is 25.4. The van der Waals surface area contributed by atoms with Gasteiger partial charge in [-0.05, 0) is 72.9 Å². The molecule has 2 aromatic carbocycles. The summed E-state index contributed by atoms with van der Waals surface area (Å²) in [5.41, 5.74) is 4.08. The predicted octanol–water partition coefficient (Wildman–Crippen LogP) is 3.84. The number of hydrogen-bond donors (Lipinski definition) is 4. The van der Waals surface area contributed by atoms with Crippen LogP contribution in [0.25, 0.3) is 0 Å². The third kappa shape index (κ3) is 8.11. The monoisotopic (exact) mass is 488 g/mol. The van der Waals surface area contributed by atoms with Crippen LogP contribution >= 0.6 is 0 Å². The molecular weight excluding hydrogens is 454 g/mol. The highest BCUT2D eigenvalue weighted by Gasteiger charge is 2.26. The summed E-state index contributed by atoms with van der Waals surface area (Å²) in [6, 6.07) is 8.90. The largest absolute Gasteiger partial charge is 0.481 e. The van der Waals surface area contributed by atoms with Crippen molar-refractivity contribution in [3.63, 3.8) is 0 Å². The van der Waals surface area contributed by atoms with Crippen LogP contribution in [0.5, 0.6) is 0 Å². The molecule has 190 valence electrons. The number of carboxylic acid groups (broad SMARTS) is 1. The van der Waals surface area contributed by atoms with E-state index >= 15 is 0 Å². The number of aliphatic carboxylic acids is 1. The molecule has 3 rings (SSSR count). The SMILES string of the molecule is CCc1ccc2c(c1)[C@@H](NC[C@@H](O)[C@H](Cc1cc(F)cc(F)c1)NC(=O)CCCC(=O)O)CCC2. The molecule has 0 unspecified atom stereocenters. The number of carboxylic acids is 1. The van der Waals surface area contributed by atoms with Crippen molar-refractivity contribution in [1.82, 2.24) is 10.6 Å². The summed E-state index contributed by atoms with van der Waals surface area (Å²) in [5, 5.41) is 25.9. The molecule has 0 spiro atoms.